The zero-order valence-electron chi connectivity index (χ0n) is 11.4. The van der Waals surface area contributed by atoms with Crippen molar-refractivity contribution in [3.05, 3.63) is 33.1 Å². The van der Waals surface area contributed by atoms with Gasteiger partial charge in [-0.1, -0.05) is 0 Å². The van der Waals surface area contributed by atoms with Crippen LogP contribution in [0, 0.1) is 0 Å². The third-order valence-electron chi connectivity index (χ3n) is 3.12. The first-order chi connectivity index (χ1) is 10.2. The Hall–Kier alpha value is -1.33. The van der Waals surface area contributed by atoms with Crippen LogP contribution in [-0.2, 0) is 18.6 Å². The molecule has 124 valence electrons. The van der Waals surface area contributed by atoms with E-state index in [9.17, 15) is 19.3 Å². The van der Waals surface area contributed by atoms with Crippen molar-refractivity contribution in [1.82, 2.24) is 9.55 Å². The second-order valence-corrected chi connectivity index (χ2v) is 5.80. The van der Waals surface area contributed by atoms with Crippen molar-refractivity contribution in [2.24, 2.45) is 0 Å². The summed E-state index contributed by atoms with van der Waals surface area (Å²) < 4.78 is 26.4. The summed E-state index contributed by atoms with van der Waals surface area (Å²) in [6, 6.07) is 1.09. The molecule has 0 amide bonds. The number of methoxy groups -OCH3 is 1. The van der Waals surface area contributed by atoms with E-state index in [1.807, 2.05) is 4.98 Å². The molecule has 4 N–H and O–H groups in total. The maximum Gasteiger partial charge on any atom is 0.469 e. The molecule has 0 unspecified atom stereocenters. The second-order valence-electron chi connectivity index (χ2n) is 4.56. The summed E-state index contributed by atoms with van der Waals surface area (Å²) in [6.45, 7) is -0.597. The average molecular weight is 338 g/mol. The summed E-state index contributed by atoms with van der Waals surface area (Å²) in [5.74, 6) is 0. The van der Waals surface area contributed by atoms with E-state index in [0.29, 0.717) is 0 Å². The smallest absolute Gasteiger partial charge is 0.387 e. The number of hydrogen-bond donors (Lipinski definition) is 4. The highest BCUT2D eigenvalue weighted by Gasteiger charge is 2.46. The molecular weight excluding hydrogens is 323 g/mol. The van der Waals surface area contributed by atoms with Gasteiger partial charge in [0.05, 0.1) is 6.61 Å². The number of aliphatic hydroxyl groups excluding tert-OH is 1. The molecule has 22 heavy (non-hydrogen) atoms. The van der Waals surface area contributed by atoms with Crippen molar-refractivity contribution >= 4 is 7.82 Å². The van der Waals surface area contributed by atoms with Gasteiger partial charge in [-0.2, -0.15) is 0 Å². The predicted octanol–water partition coefficient (Wildman–Crippen LogP) is -2.08. The van der Waals surface area contributed by atoms with E-state index in [-0.39, 0.29) is 0 Å². The largest absolute Gasteiger partial charge is 0.469 e. The fourth-order valence-corrected chi connectivity index (χ4v) is 2.47. The summed E-state index contributed by atoms with van der Waals surface area (Å²) in [4.78, 5) is 42.2. The van der Waals surface area contributed by atoms with E-state index < -0.39 is 50.2 Å². The van der Waals surface area contributed by atoms with Crippen molar-refractivity contribution in [2.75, 3.05) is 13.7 Å². The topological polar surface area (TPSA) is 160 Å². The molecule has 0 saturated carbocycles. The van der Waals surface area contributed by atoms with Gasteiger partial charge in [0.2, 0.25) is 0 Å². The molecule has 0 spiro atoms. The van der Waals surface area contributed by atoms with Gasteiger partial charge in [-0.05, 0) is 0 Å². The lowest BCUT2D eigenvalue weighted by Crippen LogP contribution is -2.38. The van der Waals surface area contributed by atoms with Gasteiger partial charge in [-0.25, -0.2) is 9.36 Å². The number of phosphoric ester groups is 1. The Morgan fingerprint density at radius 1 is 1.45 bits per heavy atom. The van der Waals surface area contributed by atoms with Crippen LogP contribution in [-0.4, -0.2) is 56.5 Å². The van der Waals surface area contributed by atoms with Gasteiger partial charge in [-0.3, -0.25) is 18.9 Å². The second kappa shape index (κ2) is 6.42. The van der Waals surface area contributed by atoms with Crippen molar-refractivity contribution in [2.45, 2.75) is 24.5 Å². The van der Waals surface area contributed by atoms with Crippen LogP contribution in [0.25, 0.3) is 0 Å². The average Bonchev–Trinajstić information content (AvgIpc) is 2.72. The van der Waals surface area contributed by atoms with Gasteiger partial charge in [0.25, 0.3) is 5.56 Å². The van der Waals surface area contributed by atoms with Crippen LogP contribution in [0.1, 0.15) is 6.23 Å². The molecule has 2 heterocycles. The molecule has 4 atom stereocenters. The molecular formula is C10H15N2O9P. The van der Waals surface area contributed by atoms with Gasteiger partial charge < -0.3 is 24.4 Å². The molecule has 2 rings (SSSR count). The molecule has 1 saturated heterocycles. The highest BCUT2D eigenvalue weighted by molar-refractivity contribution is 7.46. The van der Waals surface area contributed by atoms with E-state index in [1.165, 1.54) is 7.11 Å². The van der Waals surface area contributed by atoms with Gasteiger partial charge in [-0.15, -0.1) is 0 Å². The number of phosphoric acid groups is 1. The number of aliphatic hydroxyl groups is 1. The lowest BCUT2D eigenvalue weighted by molar-refractivity contribution is -0.0620. The number of nitrogens with one attached hydrogen (secondary N) is 1. The van der Waals surface area contributed by atoms with Crippen LogP contribution in [0.15, 0.2) is 21.9 Å². The van der Waals surface area contributed by atoms with E-state index in [0.717, 1.165) is 16.8 Å². The summed E-state index contributed by atoms with van der Waals surface area (Å²) in [5, 5.41) is 10.1. The molecule has 1 fully saturated rings. The van der Waals surface area contributed by atoms with Crippen molar-refractivity contribution in [1.29, 1.82) is 0 Å². The van der Waals surface area contributed by atoms with Gasteiger partial charge in [0, 0.05) is 19.4 Å². The fraction of sp³-hybridized carbons (Fsp3) is 0.600. The summed E-state index contributed by atoms with van der Waals surface area (Å²) in [5.41, 5.74) is -1.38. The normalized spacial score (nSPS) is 28.9. The van der Waals surface area contributed by atoms with Crippen LogP contribution in [0.4, 0.5) is 0 Å². The minimum absolute atomic E-state index is 0.597. The Balaban J connectivity index is 2.23. The number of nitrogens with zero attached hydrogens (tertiary/aromatic N) is 1. The molecule has 1 aliphatic heterocycles. The van der Waals surface area contributed by atoms with E-state index in [4.69, 9.17) is 19.3 Å². The fourth-order valence-electron chi connectivity index (χ4n) is 2.13. The van der Waals surface area contributed by atoms with Crippen LogP contribution >= 0.6 is 7.82 Å². The van der Waals surface area contributed by atoms with Crippen molar-refractivity contribution in [3.63, 3.8) is 0 Å². The van der Waals surface area contributed by atoms with E-state index in [1.54, 1.807) is 0 Å². The third-order valence-corrected chi connectivity index (χ3v) is 3.60. The number of hydrogen-bond acceptors (Lipinski definition) is 7. The maximum atomic E-state index is 11.8. The summed E-state index contributed by atoms with van der Waals surface area (Å²) in [6.07, 6.45) is -3.33. The highest BCUT2D eigenvalue weighted by atomic mass is 31.2. The van der Waals surface area contributed by atoms with Crippen LogP contribution in [0.5, 0.6) is 0 Å². The number of aromatic nitrogens is 2. The molecule has 0 aromatic carbocycles. The summed E-state index contributed by atoms with van der Waals surface area (Å²) in [7, 11) is -3.46. The Morgan fingerprint density at radius 2 is 2.14 bits per heavy atom. The molecule has 0 aliphatic carbocycles. The molecule has 1 aromatic heterocycles. The van der Waals surface area contributed by atoms with Gasteiger partial charge in [0.1, 0.15) is 18.3 Å². The molecule has 11 nitrogen and oxygen atoms in total. The zero-order valence-corrected chi connectivity index (χ0v) is 12.3. The quantitative estimate of drug-likeness (QED) is 0.442. The number of H-pyrrole nitrogens is 1. The van der Waals surface area contributed by atoms with Crippen molar-refractivity contribution < 1.29 is 33.5 Å². The number of rotatable bonds is 5. The number of ether oxygens (including phenoxy) is 2. The first-order valence-electron chi connectivity index (χ1n) is 6.11. The molecule has 1 aliphatic rings. The predicted molar refractivity (Wildman–Crippen MR) is 70.0 cm³/mol. The highest BCUT2D eigenvalue weighted by Crippen LogP contribution is 2.38. The first-order valence-corrected chi connectivity index (χ1v) is 7.64. The Labute approximate surface area is 123 Å². The standard InChI is InChI=1S/C10H15N2O9P/c1-19-8-7(14)5(4-20-22(16,17)18)21-9(8)12-3-2-6(13)11-10(12)15/h2-3,5,7-9,14H,4H2,1H3,(H,11,13,15)(H2,16,17,18)/t5-,7+,8-,9-/m1/s1. The van der Waals surface area contributed by atoms with E-state index in [2.05, 4.69) is 4.52 Å². The Bertz CT molecular complexity index is 679. The molecule has 12 heteroatoms. The molecule has 0 bridgehead atoms. The lowest BCUT2D eigenvalue weighted by atomic mass is 10.1. The lowest BCUT2D eigenvalue weighted by Gasteiger charge is -2.19. The van der Waals surface area contributed by atoms with E-state index >= 15 is 0 Å². The van der Waals surface area contributed by atoms with Crippen molar-refractivity contribution in [3.8, 4) is 0 Å². The first kappa shape index (κ1) is 17.0. The van der Waals surface area contributed by atoms with Crippen LogP contribution < -0.4 is 11.2 Å². The summed E-state index contributed by atoms with van der Waals surface area (Å²) >= 11 is 0. The maximum absolute atomic E-state index is 11.8. The van der Waals surface area contributed by atoms with Gasteiger partial charge >= 0.3 is 13.5 Å². The monoisotopic (exact) mass is 338 g/mol. The SMILES string of the molecule is CO[C@@H]1[C@@H](O)[C@@H](COP(=O)(O)O)O[C@H]1n1ccc(=O)[nH]c1=O. The Kier molecular flexibility index (Phi) is 4.97. The zero-order chi connectivity index (χ0) is 16.5. The van der Waals surface area contributed by atoms with Crippen LogP contribution in [0.2, 0.25) is 0 Å². The molecule has 1 aromatic rings. The third kappa shape index (κ3) is 3.70. The minimum Gasteiger partial charge on any atom is -0.387 e. The molecule has 0 radical (unpaired) electrons. The Morgan fingerprint density at radius 3 is 2.68 bits per heavy atom. The van der Waals surface area contributed by atoms with Crippen LogP contribution in [0.3, 0.4) is 0 Å². The van der Waals surface area contributed by atoms with Gasteiger partial charge in [0.15, 0.2) is 6.23 Å². The number of aromatic amines is 1. The minimum atomic E-state index is -4.73.